The summed E-state index contributed by atoms with van der Waals surface area (Å²) in [6.07, 6.45) is 15.5. The Balaban J connectivity index is 1.65. The normalized spacial score (nSPS) is 34.9. The van der Waals surface area contributed by atoms with Crippen LogP contribution in [-0.4, -0.2) is 11.1 Å². The Labute approximate surface area is 124 Å². The lowest BCUT2D eigenvalue weighted by Crippen LogP contribution is -2.28. The van der Waals surface area contributed by atoms with Crippen LogP contribution in [0, 0.1) is 23.7 Å². The molecule has 0 aromatic rings. The molecule has 20 heavy (non-hydrogen) atoms. The molecule has 0 heterocycles. The third kappa shape index (κ3) is 4.49. The zero-order valence-corrected chi connectivity index (χ0v) is 13.2. The molecular formula is C18H32O2. The summed E-state index contributed by atoms with van der Waals surface area (Å²) >= 11 is 0. The molecule has 116 valence electrons. The Kier molecular flexibility index (Phi) is 6.38. The van der Waals surface area contributed by atoms with E-state index < -0.39 is 5.97 Å². The molecular weight excluding hydrogens is 248 g/mol. The van der Waals surface area contributed by atoms with Crippen LogP contribution < -0.4 is 0 Å². The third-order valence-electron chi connectivity index (χ3n) is 5.90. The number of carboxylic acid groups (broad SMARTS) is 1. The average molecular weight is 280 g/mol. The lowest BCUT2D eigenvalue weighted by Gasteiger charge is -2.37. The van der Waals surface area contributed by atoms with Crippen molar-refractivity contribution in [1.29, 1.82) is 0 Å². The van der Waals surface area contributed by atoms with Crippen LogP contribution in [0.4, 0.5) is 0 Å². The summed E-state index contributed by atoms with van der Waals surface area (Å²) in [6.45, 7) is 2.28. The second kappa shape index (κ2) is 8.05. The zero-order valence-electron chi connectivity index (χ0n) is 13.2. The number of hydrogen-bond donors (Lipinski definition) is 1. The fourth-order valence-corrected chi connectivity index (χ4v) is 4.47. The van der Waals surface area contributed by atoms with E-state index in [4.69, 9.17) is 5.11 Å². The van der Waals surface area contributed by atoms with Crippen molar-refractivity contribution < 1.29 is 9.90 Å². The Hall–Kier alpha value is -0.530. The lowest BCUT2D eigenvalue weighted by molar-refractivity contribution is -0.143. The van der Waals surface area contributed by atoms with Crippen molar-refractivity contribution in [2.24, 2.45) is 23.7 Å². The highest BCUT2D eigenvalue weighted by Crippen LogP contribution is 2.42. The Bertz CT molecular complexity index is 284. The molecule has 2 aliphatic carbocycles. The van der Waals surface area contributed by atoms with E-state index in [9.17, 15) is 4.79 Å². The summed E-state index contributed by atoms with van der Waals surface area (Å²) in [5, 5.41) is 9.07. The highest BCUT2D eigenvalue weighted by molar-refractivity contribution is 5.69. The fourth-order valence-electron chi connectivity index (χ4n) is 4.47. The minimum Gasteiger partial charge on any atom is -0.481 e. The van der Waals surface area contributed by atoms with Crippen molar-refractivity contribution >= 4 is 5.97 Å². The number of aliphatic carboxylic acids is 1. The van der Waals surface area contributed by atoms with Gasteiger partial charge in [-0.1, -0.05) is 45.4 Å². The Morgan fingerprint density at radius 3 is 1.95 bits per heavy atom. The maximum Gasteiger partial charge on any atom is 0.306 e. The van der Waals surface area contributed by atoms with Crippen molar-refractivity contribution in [2.45, 2.75) is 84.0 Å². The molecule has 0 bridgehead atoms. The first kappa shape index (κ1) is 15.9. The second-order valence-electron chi connectivity index (χ2n) is 7.23. The monoisotopic (exact) mass is 280 g/mol. The van der Waals surface area contributed by atoms with Gasteiger partial charge < -0.3 is 5.11 Å². The molecule has 0 radical (unpaired) electrons. The maximum absolute atomic E-state index is 11.0. The first-order chi connectivity index (χ1) is 9.70. The topological polar surface area (TPSA) is 37.3 Å². The van der Waals surface area contributed by atoms with Crippen molar-refractivity contribution in [3.05, 3.63) is 0 Å². The quantitative estimate of drug-likeness (QED) is 0.673. The predicted molar refractivity (Wildman–Crippen MR) is 82.7 cm³/mol. The van der Waals surface area contributed by atoms with Gasteiger partial charge in [-0.05, 0) is 56.3 Å². The summed E-state index contributed by atoms with van der Waals surface area (Å²) in [5.41, 5.74) is 0. The zero-order chi connectivity index (χ0) is 14.4. The van der Waals surface area contributed by atoms with Crippen LogP contribution in [0.25, 0.3) is 0 Å². The van der Waals surface area contributed by atoms with Gasteiger partial charge in [0.25, 0.3) is 0 Å². The molecule has 2 nitrogen and oxygen atoms in total. The van der Waals surface area contributed by atoms with E-state index >= 15 is 0 Å². The number of rotatable bonds is 6. The number of carboxylic acids is 1. The van der Waals surface area contributed by atoms with Crippen LogP contribution in [0.15, 0.2) is 0 Å². The largest absolute Gasteiger partial charge is 0.481 e. The van der Waals surface area contributed by atoms with Gasteiger partial charge in [-0.25, -0.2) is 0 Å². The van der Waals surface area contributed by atoms with E-state index in [-0.39, 0.29) is 5.92 Å². The van der Waals surface area contributed by atoms with Crippen molar-refractivity contribution in [3.63, 3.8) is 0 Å². The maximum atomic E-state index is 11.0. The molecule has 0 spiro atoms. The average Bonchev–Trinajstić information content (AvgIpc) is 2.48. The van der Waals surface area contributed by atoms with Crippen LogP contribution in [0.5, 0.6) is 0 Å². The third-order valence-corrected chi connectivity index (χ3v) is 5.90. The van der Waals surface area contributed by atoms with Crippen LogP contribution in [0.1, 0.15) is 84.0 Å². The Morgan fingerprint density at radius 2 is 1.45 bits per heavy atom. The van der Waals surface area contributed by atoms with Crippen molar-refractivity contribution in [3.8, 4) is 0 Å². The molecule has 2 saturated carbocycles. The fraction of sp³-hybridized carbons (Fsp3) is 0.944. The van der Waals surface area contributed by atoms with Gasteiger partial charge in [-0.2, -0.15) is 0 Å². The molecule has 0 unspecified atom stereocenters. The molecule has 2 aliphatic rings. The first-order valence-electron chi connectivity index (χ1n) is 8.93. The molecule has 0 aromatic carbocycles. The molecule has 0 amide bonds. The first-order valence-corrected chi connectivity index (χ1v) is 8.93. The molecule has 2 rings (SSSR count). The van der Waals surface area contributed by atoms with E-state index in [1.807, 2.05) is 0 Å². The van der Waals surface area contributed by atoms with E-state index in [1.54, 1.807) is 0 Å². The number of carbonyl (C=O) groups is 1. The predicted octanol–water partition coefficient (Wildman–Crippen LogP) is 5.26. The van der Waals surface area contributed by atoms with Gasteiger partial charge in [0, 0.05) is 0 Å². The lowest BCUT2D eigenvalue weighted by atomic mass is 9.68. The summed E-state index contributed by atoms with van der Waals surface area (Å²) in [5.74, 6) is 2.13. The van der Waals surface area contributed by atoms with Crippen LogP contribution in [-0.2, 0) is 4.79 Å². The molecule has 0 aromatic heterocycles. The van der Waals surface area contributed by atoms with E-state index in [0.29, 0.717) is 0 Å². The van der Waals surface area contributed by atoms with Gasteiger partial charge in [0.2, 0.25) is 0 Å². The van der Waals surface area contributed by atoms with Gasteiger partial charge in [0.05, 0.1) is 5.92 Å². The molecule has 0 aliphatic heterocycles. The van der Waals surface area contributed by atoms with Crippen molar-refractivity contribution in [1.82, 2.24) is 0 Å². The van der Waals surface area contributed by atoms with Gasteiger partial charge in [0.15, 0.2) is 0 Å². The smallest absolute Gasteiger partial charge is 0.306 e. The van der Waals surface area contributed by atoms with E-state index in [2.05, 4.69) is 6.92 Å². The standard InChI is InChI=1S/C18H32O2/c1-2-3-4-5-14-6-8-15(9-7-14)16-10-12-17(13-11-16)18(19)20/h14-17H,2-13H2,1H3,(H,19,20)/t14-,15-,16-,17-. The Morgan fingerprint density at radius 1 is 0.900 bits per heavy atom. The molecule has 0 atom stereocenters. The van der Waals surface area contributed by atoms with Gasteiger partial charge in [0.1, 0.15) is 0 Å². The van der Waals surface area contributed by atoms with Crippen molar-refractivity contribution in [2.75, 3.05) is 0 Å². The molecule has 2 heteroatoms. The van der Waals surface area contributed by atoms with Crippen LogP contribution in [0.3, 0.4) is 0 Å². The summed E-state index contributed by atoms with van der Waals surface area (Å²) in [4.78, 5) is 11.0. The van der Waals surface area contributed by atoms with Gasteiger partial charge in [-0.15, -0.1) is 0 Å². The van der Waals surface area contributed by atoms with Crippen LogP contribution in [0.2, 0.25) is 0 Å². The second-order valence-corrected chi connectivity index (χ2v) is 7.23. The summed E-state index contributed by atoms with van der Waals surface area (Å²) in [6, 6.07) is 0. The SMILES string of the molecule is CCCCC[C@H]1CC[C@H]([C@H]2CC[C@H](C(=O)O)CC2)CC1. The van der Waals surface area contributed by atoms with E-state index in [0.717, 1.165) is 30.6 Å². The number of hydrogen-bond acceptors (Lipinski definition) is 1. The minimum absolute atomic E-state index is 0.0448. The summed E-state index contributed by atoms with van der Waals surface area (Å²) < 4.78 is 0. The minimum atomic E-state index is -0.567. The molecule has 2 fully saturated rings. The van der Waals surface area contributed by atoms with Gasteiger partial charge in [-0.3, -0.25) is 4.79 Å². The molecule has 0 saturated heterocycles. The highest BCUT2D eigenvalue weighted by atomic mass is 16.4. The molecule has 1 N–H and O–H groups in total. The highest BCUT2D eigenvalue weighted by Gasteiger charge is 2.32. The van der Waals surface area contributed by atoms with Crippen LogP contribution >= 0.6 is 0 Å². The summed E-state index contributed by atoms with van der Waals surface area (Å²) in [7, 11) is 0. The van der Waals surface area contributed by atoms with Gasteiger partial charge >= 0.3 is 5.97 Å². The number of unbranched alkanes of at least 4 members (excludes halogenated alkanes) is 2. The van der Waals surface area contributed by atoms with E-state index in [1.165, 1.54) is 64.2 Å².